The van der Waals surface area contributed by atoms with Crippen LogP contribution in [0.25, 0.3) is 6.08 Å². The number of anilines is 1. The lowest BCUT2D eigenvalue weighted by atomic mass is 10.0. The zero-order chi connectivity index (χ0) is 12.5. The van der Waals surface area contributed by atoms with Crippen molar-refractivity contribution < 1.29 is 4.74 Å². The van der Waals surface area contributed by atoms with Crippen molar-refractivity contribution in [3.05, 3.63) is 29.3 Å². The lowest BCUT2D eigenvalue weighted by molar-refractivity contribution is 0.415. The van der Waals surface area contributed by atoms with Gasteiger partial charge in [-0.2, -0.15) is 5.26 Å². The van der Waals surface area contributed by atoms with Gasteiger partial charge in [0.05, 0.1) is 18.4 Å². The van der Waals surface area contributed by atoms with Crippen molar-refractivity contribution >= 4 is 17.6 Å². The summed E-state index contributed by atoms with van der Waals surface area (Å²) in [5.74, 6) is 1.62. The maximum atomic E-state index is 9.21. The minimum atomic E-state index is 0.646. The smallest absolute Gasteiger partial charge is 0.146 e. The van der Waals surface area contributed by atoms with E-state index in [2.05, 4.69) is 16.0 Å². The molecule has 90 valence electrons. The quantitative estimate of drug-likeness (QED) is 0.755. The van der Waals surface area contributed by atoms with E-state index in [9.17, 15) is 5.26 Å². The fraction of sp³-hybridized carbons (Fsp3) is 0.286. The molecule has 0 aromatic heterocycles. The number of nitriles is 1. The molecule has 1 aromatic rings. The van der Waals surface area contributed by atoms with E-state index in [1.54, 1.807) is 7.11 Å². The fourth-order valence-electron chi connectivity index (χ4n) is 2.38. The highest BCUT2D eigenvalue weighted by Gasteiger charge is 2.26. The Bertz CT molecular complexity index is 596. The first-order chi connectivity index (χ1) is 8.83. The first-order valence-electron chi connectivity index (χ1n) is 5.95. The molecule has 2 heterocycles. The van der Waals surface area contributed by atoms with Gasteiger partial charge in [0.1, 0.15) is 17.7 Å². The maximum Gasteiger partial charge on any atom is 0.146 e. The summed E-state index contributed by atoms with van der Waals surface area (Å²) in [4.78, 5) is 6.58. The van der Waals surface area contributed by atoms with E-state index in [1.807, 2.05) is 24.3 Å². The summed E-state index contributed by atoms with van der Waals surface area (Å²) in [6.45, 7) is 1.70. The normalized spacial score (nSPS) is 17.0. The summed E-state index contributed by atoms with van der Waals surface area (Å²) >= 11 is 0. The third-order valence-electron chi connectivity index (χ3n) is 3.25. The molecule has 3 rings (SSSR count). The summed E-state index contributed by atoms with van der Waals surface area (Å²) in [5, 5.41) is 9.21. The number of rotatable bonds is 1. The van der Waals surface area contributed by atoms with Gasteiger partial charge in [0.25, 0.3) is 0 Å². The SMILES string of the molecule is COc1ccc2c(c1)N1CCCN=C1C(C#N)=C2. The summed E-state index contributed by atoms with van der Waals surface area (Å²) in [6.07, 6.45) is 2.91. The Balaban J connectivity index is 2.19. The van der Waals surface area contributed by atoms with E-state index in [0.29, 0.717) is 5.57 Å². The molecule has 0 radical (unpaired) electrons. The van der Waals surface area contributed by atoms with E-state index >= 15 is 0 Å². The van der Waals surface area contributed by atoms with E-state index in [4.69, 9.17) is 4.74 Å². The molecule has 0 saturated carbocycles. The number of aliphatic imine (C=N–C) groups is 1. The number of hydrogen-bond acceptors (Lipinski definition) is 4. The van der Waals surface area contributed by atoms with Crippen LogP contribution in [-0.2, 0) is 0 Å². The Kier molecular flexibility index (Phi) is 2.52. The minimum Gasteiger partial charge on any atom is -0.497 e. The summed E-state index contributed by atoms with van der Waals surface area (Å²) < 4.78 is 5.26. The van der Waals surface area contributed by atoms with Gasteiger partial charge in [-0.15, -0.1) is 0 Å². The van der Waals surface area contributed by atoms with Crippen LogP contribution in [0.4, 0.5) is 5.69 Å². The van der Waals surface area contributed by atoms with Crippen molar-refractivity contribution in [3.8, 4) is 11.8 Å². The predicted octanol–water partition coefficient (Wildman–Crippen LogP) is 2.22. The van der Waals surface area contributed by atoms with E-state index < -0.39 is 0 Å². The zero-order valence-electron chi connectivity index (χ0n) is 10.2. The van der Waals surface area contributed by atoms with Gasteiger partial charge in [-0.3, -0.25) is 4.99 Å². The van der Waals surface area contributed by atoms with Gasteiger partial charge < -0.3 is 9.64 Å². The van der Waals surface area contributed by atoms with Crippen LogP contribution in [0.3, 0.4) is 0 Å². The van der Waals surface area contributed by atoms with Crippen molar-refractivity contribution in [1.82, 2.24) is 0 Å². The Hall–Kier alpha value is -2.28. The molecule has 2 aliphatic rings. The molecule has 0 N–H and O–H groups in total. The van der Waals surface area contributed by atoms with Gasteiger partial charge in [0, 0.05) is 19.2 Å². The number of nitrogens with zero attached hydrogens (tertiary/aromatic N) is 3. The Morgan fingerprint density at radius 2 is 2.33 bits per heavy atom. The molecular formula is C14H13N3O. The van der Waals surface area contributed by atoms with Crippen LogP contribution in [0.15, 0.2) is 28.8 Å². The molecule has 0 bridgehead atoms. The monoisotopic (exact) mass is 239 g/mol. The van der Waals surface area contributed by atoms with Crippen molar-refractivity contribution in [1.29, 1.82) is 5.26 Å². The summed E-state index contributed by atoms with van der Waals surface area (Å²) in [5.41, 5.74) is 2.77. The Morgan fingerprint density at radius 1 is 1.44 bits per heavy atom. The Labute approximate surface area is 106 Å². The largest absolute Gasteiger partial charge is 0.497 e. The predicted molar refractivity (Wildman–Crippen MR) is 70.8 cm³/mol. The second kappa shape index (κ2) is 4.19. The zero-order valence-corrected chi connectivity index (χ0v) is 10.2. The van der Waals surface area contributed by atoms with Gasteiger partial charge in [-0.25, -0.2) is 0 Å². The Morgan fingerprint density at radius 3 is 3.11 bits per heavy atom. The first-order valence-corrected chi connectivity index (χ1v) is 5.95. The van der Waals surface area contributed by atoms with Crippen LogP contribution < -0.4 is 9.64 Å². The molecule has 2 aliphatic heterocycles. The van der Waals surface area contributed by atoms with Gasteiger partial charge >= 0.3 is 0 Å². The number of fused-ring (bicyclic) bond motifs is 3. The molecule has 4 heteroatoms. The van der Waals surface area contributed by atoms with Crippen LogP contribution in [0.5, 0.6) is 5.75 Å². The summed E-state index contributed by atoms with van der Waals surface area (Å²) in [6, 6.07) is 8.13. The van der Waals surface area contributed by atoms with Crippen molar-refractivity contribution in [3.63, 3.8) is 0 Å². The third-order valence-corrected chi connectivity index (χ3v) is 3.25. The van der Waals surface area contributed by atoms with Crippen LogP contribution in [-0.4, -0.2) is 26.0 Å². The highest BCUT2D eigenvalue weighted by atomic mass is 16.5. The number of amidine groups is 1. The molecule has 1 aromatic carbocycles. The molecule has 18 heavy (non-hydrogen) atoms. The van der Waals surface area contributed by atoms with Gasteiger partial charge in [-0.05, 0) is 30.2 Å². The molecule has 0 spiro atoms. The minimum absolute atomic E-state index is 0.646. The van der Waals surface area contributed by atoms with E-state index in [-0.39, 0.29) is 0 Å². The van der Waals surface area contributed by atoms with Crippen molar-refractivity contribution in [2.24, 2.45) is 4.99 Å². The maximum absolute atomic E-state index is 9.21. The molecular weight excluding hydrogens is 226 g/mol. The van der Waals surface area contributed by atoms with Crippen LogP contribution in [0, 0.1) is 11.3 Å². The average Bonchev–Trinajstić information content (AvgIpc) is 2.45. The van der Waals surface area contributed by atoms with Gasteiger partial charge in [-0.1, -0.05) is 0 Å². The number of methoxy groups -OCH3 is 1. The second-order valence-electron chi connectivity index (χ2n) is 4.31. The molecule has 0 saturated heterocycles. The molecule has 0 unspecified atom stereocenters. The molecule has 0 atom stereocenters. The third kappa shape index (κ3) is 1.56. The number of hydrogen-bond donors (Lipinski definition) is 0. The van der Waals surface area contributed by atoms with E-state index in [1.165, 1.54) is 0 Å². The van der Waals surface area contributed by atoms with Crippen molar-refractivity contribution in [2.75, 3.05) is 25.1 Å². The van der Waals surface area contributed by atoms with Crippen LogP contribution >= 0.6 is 0 Å². The van der Waals surface area contributed by atoms with Gasteiger partial charge in [0.2, 0.25) is 0 Å². The fourth-order valence-corrected chi connectivity index (χ4v) is 2.38. The van der Waals surface area contributed by atoms with E-state index in [0.717, 1.165) is 42.3 Å². The molecule has 0 aliphatic carbocycles. The number of benzene rings is 1. The highest BCUT2D eigenvalue weighted by molar-refractivity contribution is 6.18. The van der Waals surface area contributed by atoms with Crippen molar-refractivity contribution in [2.45, 2.75) is 6.42 Å². The topological polar surface area (TPSA) is 48.6 Å². The molecule has 0 amide bonds. The lowest BCUT2D eigenvalue weighted by Crippen LogP contribution is -2.38. The molecule has 0 fully saturated rings. The highest BCUT2D eigenvalue weighted by Crippen LogP contribution is 2.34. The summed E-state index contributed by atoms with van der Waals surface area (Å²) in [7, 11) is 1.66. The van der Waals surface area contributed by atoms with Crippen LogP contribution in [0.2, 0.25) is 0 Å². The molecule has 4 nitrogen and oxygen atoms in total. The average molecular weight is 239 g/mol. The number of ether oxygens (including phenoxy) is 1. The standard InChI is InChI=1S/C14H13N3O/c1-18-12-4-3-10-7-11(9-15)14-16-5-2-6-17(14)13(10)8-12/h3-4,7-8H,2,5-6H2,1H3. The lowest BCUT2D eigenvalue weighted by Gasteiger charge is -2.33. The first kappa shape index (κ1) is 10.8. The second-order valence-corrected chi connectivity index (χ2v) is 4.31. The van der Waals surface area contributed by atoms with Crippen LogP contribution in [0.1, 0.15) is 12.0 Å². The van der Waals surface area contributed by atoms with Gasteiger partial charge in [0.15, 0.2) is 0 Å².